The molecule has 1 aromatic carbocycles. The number of amides is 2. The first-order valence-corrected chi connectivity index (χ1v) is 8.36. The molecule has 2 aliphatic rings. The fourth-order valence-corrected chi connectivity index (χ4v) is 3.10. The highest BCUT2D eigenvalue weighted by molar-refractivity contribution is 6.30. The van der Waals surface area contributed by atoms with Gasteiger partial charge in [0.25, 0.3) is 0 Å². The number of halogens is 1. The van der Waals surface area contributed by atoms with Crippen LogP contribution in [0.25, 0.3) is 0 Å². The van der Waals surface area contributed by atoms with E-state index < -0.39 is 5.41 Å². The standard InChI is InChI=1S/C17H21ClN2O3/c1-11-9-12(18)4-5-14(11)20-16(22)17(6-7-17)15(21)19-10-13-3-2-8-23-13/h4-5,9,13H,2-3,6-8,10H2,1H3,(H,19,21)(H,20,22). The monoisotopic (exact) mass is 336 g/mol. The number of benzene rings is 1. The molecule has 5 nitrogen and oxygen atoms in total. The van der Waals surface area contributed by atoms with Gasteiger partial charge in [-0.05, 0) is 56.4 Å². The molecule has 6 heteroatoms. The summed E-state index contributed by atoms with van der Waals surface area (Å²) in [5.41, 5.74) is 0.643. The Morgan fingerprint density at radius 1 is 1.35 bits per heavy atom. The van der Waals surface area contributed by atoms with Gasteiger partial charge in [-0.25, -0.2) is 0 Å². The number of nitrogens with one attached hydrogen (secondary N) is 2. The van der Waals surface area contributed by atoms with Crippen molar-refractivity contribution in [2.75, 3.05) is 18.5 Å². The maximum absolute atomic E-state index is 12.5. The van der Waals surface area contributed by atoms with Gasteiger partial charge in [0.2, 0.25) is 11.8 Å². The van der Waals surface area contributed by atoms with Crippen molar-refractivity contribution in [3.05, 3.63) is 28.8 Å². The molecule has 124 valence electrons. The van der Waals surface area contributed by atoms with Crippen molar-refractivity contribution in [2.24, 2.45) is 5.41 Å². The van der Waals surface area contributed by atoms with E-state index in [-0.39, 0.29) is 17.9 Å². The predicted octanol–water partition coefficient (Wildman–Crippen LogP) is 2.66. The van der Waals surface area contributed by atoms with E-state index in [1.165, 1.54) is 0 Å². The molecular formula is C17H21ClN2O3. The molecule has 1 aliphatic heterocycles. The van der Waals surface area contributed by atoms with Crippen molar-refractivity contribution in [2.45, 2.75) is 38.7 Å². The summed E-state index contributed by atoms with van der Waals surface area (Å²) in [5, 5.41) is 6.35. The lowest BCUT2D eigenvalue weighted by Gasteiger charge is -2.18. The number of anilines is 1. The Balaban J connectivity index is 1.60. The van der Waals surface area contributed by atoms with Gasteiger partial charge in [0.05, 0.1) is 6.10 Å². The quantitative estimate of drug-likeness (QED) is 0.812. The second-order valence-corrected chi connectivity index (χ2v) is 6.78. The smallest absolute Gasteiger partial charge is 0.240 e. The van der Waals surface area contributed by atoms with Crippen molar-refractivity contribution < 1.29 is 14.3 Å². The molecule has 0 radical (unpaired) electrons. The minimum absolute atomic E-state index is 0.0799. The van der Waals surface area contributed by atoms with Crippen LogP contribution in [0, 0.1) is 12.3 Å². The largest absolute Gasteiger partial charge is 0.376 e. The topological polar surface area (TPSA) is 67.4 Å². The summed E-state index contributed by atoms with van der Waals surface area (Å²) in [5.74, 6) is -0.440. The fourth-order valence-electron chi connectivity index (χ4n) is 2.87. The lowest BCUT2D eigenvalue weighted by atomic mass is 10.0. The third-order valence-corrected chi connectivity index (χ3v) is 4.81. The van der Waals surface area contributed by atoms with Crippen LogP contribution < -0.4 is 10.6 Å². The van der Waals surface area contributed by atoms with E-state index in [0.717, 1.165) is 25.0 Å². The highest BCUT2D eigenvalue weighted by Crippen LogP contribution is 2.47. The molecule has 0 bridgehead atoms. The van der Waals surface area contributed by atoms with E-state index in [4.69, 9.17) is 16.3 Å². The molecule has 1 unspecified atom stereocenters. The summed E-state index contributed by atoms with van der Waals surface area (Å²) in [6.45, 7) is 3.11. The summed E-state index contributed by atoms with van der Waals surface area (Å²) in [4.78, 5) is 24.9. The molecule has 2 amide bonds. The number of hydrogen-bond acceptors (Lipinski definition) is 3. The van der Waals surface area contributed by atoms with Crippen molar-refractivity contribution in [1.29, 1.82) is 0 Å². The SMILES string of the molecule is Cc1cc(Cl)ccc1NC(=O)C1(C(=O)NCC2CCCO2)CC1. The van der Waals surface area contributed by atoms with Gasteiger partial charge >= 0.3 is 0 Å². The van der Waals surface area contributed by atoms with Gasteiger partial charge in [0, 0.05) is 23.9 Å². The minimum Gasteiger partial charge on any atom is -0.376 e. The van der Waals surface area contributed by atoms with Crippen molar-refractivity contribution in [3.63, 3.8) is 0 Å². The first-order chi connectivity index (χ1) is 11.0. The van der Waals surface area contributed by atoms with Gasteiger partial charge in [0.1, 0.15) is 5.41 Å². The lowest BCUT2D eigenvalue weighted by molar-refractivity contribution is -0.134. The minimum atomic E-state index is -0.926. The van der Waals surface area contributed by atoms with E-state index in [1.54, 1.807) is 18.2 Å². The molecule has 23 heavy (non-hydrogen) atoms. The van der Waals surface area contributed by atoms with Crippen molar-refractivity contribution >= 4 is 29.1 Å². The van der Waals surface area contributed by atoms with Gasteiger partial charge in [-0.15, -0.1) is 0 Å². The van der Waals surface area contributed by atoms with Gasteiger partial charge < -0.3 is 15.4 Å². The average molecular weight is 337 g/mol. The molecular weight excluding hydrogens is 316 g/mol. The summed E-state index contributed by atoms with van der Waals surface area (Å²) < 4.78 is 5.49. The Labute approximate surface area is 140 Å². The molecule has 1 heterocycles. The molecule has 1 aliphatic carbocycles. The van der Waals surface area contributed by atoms with Crippen LogP contribution in [0.2, 0.25) is 5.02 Å². The zero-order valence-corrected chi connectivity index (χ0v) is 13.9. The summed E-state index contributed by atoms with van der Waals surface area (Å²) in [6, 6.07) is 5.27. The Kier molecular flexibility index (Phi) is 4.60. The lowest BCUT2D eigenvalue weighted by Crippen LogP contribution is -2.42. The van der Waals surface area contributed by atoms with Crippen LogP contribution in [0.4, 0.5) is 5.69 Å². The number of carbonyl (C=O) groups excluding carboxylic acids is 2. The Morgan fingerprint density at radius 2 is 2.13 bits per heavy atom. The Bertz CT molecular complexity index is 622. The maximum atomic E-state index is 12.5. The Morgan fingerprint density at radius 3 is 2.74 bits per heavy atom. The number of aryl methyl sites for hydroxylation is 1. The maximum Gasteiger partial charge on any atom is 0.240 e. The fraction of sp³-hybridized carbons (Fsp3) is 0.529. The van der Waals surface area contributed by atoms with Gasteiger partial charge in [-0.3, -0.25) is 9.59 Å². The molecule has 0 spiro atoms. The van der Waals surface area contributed by atoms with Crippen LogP contribution >= 0.6 is 11.6 Å². The van der Waals surface area contributed by atoms with Crippen LogP contribution in [0.1, 0.15) is 31.2 Å². The second-order valence-electron chi connectivity index (χ2n) is 6.34. The second kappa shape index (κ2) is 6.49. The van der Waals surface area contributed by atoms with Crippen LogP contribution in [-0.4, -0.2) is 31.1 Å². The van der Waals surface area contributed by atoms with Gasteiger partial charge in [-0.1, -0.05) is 11.6 Å². The highest BCUT2D eigenvalue weighted by Gasteiger charge is 2.56. The van der Waals surface area contributed by atoms with Crippen molar-refractivity contribution in [3.8, 4) is 0 Å². The van der Waals surface area contributed by atoms with Crippen molar-refractivity contribution in [1.82, 2.24) is 5.32 Å². The van der Waals surface area contributed by atoms with Crippen LogP contribution in [0.3, 0.4) is 0 Å². The first-order valence-electron chi connectivity index (χ1n) is 7.99. The molecule has 1 saturated heterocycles. The van der Waals surface area contributed by atoms with E-state index in [9.17, 15) is 9.59 Å². The average Bonchev–Trinajstić information content (AvgIpc) is 3.17. The van der Waals surface area contributed by atoms with Crippen LogP contribution in [0.5, 0.6) is 0 Å². The zero-order valence-electron chi connectivity index (χ0n) is 13.2. The summed E-state index contributed by atoms with van der Waals surface area (Å²) in [7, 11) is 0. The molecule has 2 fully saturated rings. The summed E-state index contributed by atoms with van der Waals surface area (Å²) >= 11 is 5.92. The molecule has 1 atom stereocenters. The Hall–Kier alpha value is -1.59. The van der Waals surface area contributed by atoms with E-state index >= 15 is 0 Å². The third-order valence-electron chi connectivity index (χ3n) is 4.57. The molecule has 2 N–H and O–H groups in total. The van der Waals surface area contributed by atoms with Crippen LogP contribution in [0.15, 0.2) is 18.2 Å². The third kappa shape index (κ3) is 3.51. The molecule has 1 saturated carbocycles. The van der Waals surface area contributed by atoms with E-state index in [2.05, 4.69) is 10.6 Å². The van der Waals surface area contributed by atoms with Crippen LogP contribution in [-0.2, 0) is 14.3 Å². The first kappa shape index (κ1) is 16.3. The highest BCUT2D eigenvalue weighted by atomic mass is 35.5. The molecule has 3 rings (SSSR count). The number of hydrogen-bond donors (Lipinski definition) is 2. The van der Waals surface area contributed by atoms with E-state index in [0.29, 0.717) is 30.1 Å². The van der Waals surface area contributed by atoms with E-state index in [1.807, 2.05) is 6.92 Å². The predicted molar refractivity (Wildman–Crippen MR) is 88.5 cm³/mol. The zero-order chi connectivity index (χ0) is 16.4. The normalized spacial score (nSPS) is 21.7. The number of ether oxygens (including phenoxy) is 1. The van der Waals surface area contributed by atoms with Gasteiger partial charge in [0.15, 0.2) is 0 Å². The number of carbonyl (C=O) groups is 2. The van der Waals surface area contributed by atoms with Gasteiger partial charge in [-0.2, -0.15) is 0 Å². The molecule has 0 aromatic heterocycles. The number of rotatable bonds is 5. The summed E-state index contributed by atoms with van der Waals surface area (Å²) in [6.07, 6.45) is 3.24. The molecule has 1 aromatic rings.